The number of aryl methyl sites for hydroxylation is 1. The lowest BCUT2D eigenvalue weighted by molar-refractivity contribution is 0.800. The zero-order valence-electron chi connectivity index (χ0n) is 10.4. The molecule has 0 spiro atoms. The van der Waals surface area contributed by atoms with Gasteiger partial charge >= 0.3 is 0 Å². The Labute approximate surface area is 115 Å². The van der Waals surface area contributed by atoms with Crippen molar-refractivity contribution in [1.82, 2.24) is 20.0 Å². The maximum absolute atomic E-state index is 5.35. The zero-order valence-corrected chi connectivity index (χ0v) is 11.2. The van der Waals surface area contributed by atoms with Crippen molar-refractivity contribution in [2.24, 2.45) is 0 Å². The van der Waals surface area contributed by atoms with Crippen molar-refractivity contribution in [3.63, 3.8) is 0 Å². The quantitative estimate of drug-likeness (QED) is 0.725. The smallest absolute Gasteiger partial charge is 0.175 e. The number of nitrogens with zero attached hydrogens (tertiary/aromatic N) is 3. The fourth-order valence-corrected chi connectivity index (χ4v) is 2.10. The Bertz CT molecular complexity index is 741. The summed E-state index contributed by atoms with van der Waals surface area (Å²) in [6, 6.07) is 15.8. The average Bonchev–Trinajstić information content (AvgIpc) is 2.83. The van der Waals surface area contributed by atoms with Crippen molar-refractivity contribution < 1.29 is 0 Å². The van der Waals surface area contributed by atoms with Gasteiger partial charge in [0.1, 0.15) is 4.64 Å². The lowest BCUT2D eigenvalue weighted by Crippen LogP contribution is -2.01. The van der Waals surface area contributed by atoms with Crippen molar-refractivity contribution in [2.45, 2.75) is 6.92 Å². The fraction of sp³-hybridized carbons (Fsp3) is 0.0714. The Morgan fingerprint density at radius 3 is 2.53 bits per heavy atom. The van der Waals surface area contributed by atoms with Gasteiger partial charge in [-0.25, -0.2) is 4.68 Å². The van der Waals surface area contributed by atoms with Crippen molar-refractivity contribution in [1.29, 1.82) is 0 Å². The topological polar surface area (TPSA) is 46.5 Å². The first-order chi connectivity index (χ1) is 9.24. The minimum atomic E-state index is 0.678. The van der Waals surface area contributed by atoms with Crippen LogP contribution < -0.4 is 0 Å². The van der Waals surface area contributed by atoms with Gasteiger partial charge in [0.05, 0.1) is 11.4 Å². The highest BCUT2D eigenvalue weighted by Crippen LogP contribution is 2.18. The number of hydrogen-bond acceptors (Lipinski definition) is 3. The number of hydrogen-bond donors (Lipinski definition) is 1. The highest BCUT2D eigenvalue weighted by atomic mass is 32.1. The van der Waals surface area contributed by atoms with Crippen LogP contribution in [0.2, 0.25) is 0 Å². The van der Waals surface area contributed by atoms with Gasteiger partial charge in [-0.3, -0.25) is 5.10 Å². The summed E-state index contributed by atoms with van der Waals surface area (Å²) in [5, 5.41) is 11.4. The average molecular weight is 268 g/mol. The first kappa shape index (κ1) is 11.8. The molecule has 94 valence electrons. The molecule has 0 aliphatic carbocycles. The molecule has 0 saturated carbocycles. The number of H-pyrrole nitrogens is 1. The molecular formula is C14H12N4S. The van der Waals surface area contributed by atoms with Gasteiger partial charge in [0.2, 0.25) is 0 Å². The van der Waals surface area contributed by atoms with Gasteiger partial charge in [-0.2, -0.15) is 5.10 Å². The van der Waals surface area contributed by atoms with Crippen LogP contribution in [-0.2, 0) is 0 Å². The molecule has 1 N–H and O–H groups in total. The minimum absolute atomic E-state index is 0.678. The minimum Gasteiger partial charge on any atom is -0.291 e. The summed E-state index contributed by atoms with van der Waals surface area (Å²) in [4.78, 5) is 0. The predicted molar refractivity (Wildman–Crippen MR) is 76.7 cm³/mol. The van der Waals surface area contributed by atoms with E-state index >= 15 is 0 Å². The molecule has 5 heteroatoms. The highest BCUT2D eigenvalue weighted by molar-refractivity contribution is 7.71. The molecule has 1 aromatic carbocycles. The Hall–Kier alpha value is -2.27. The van der Waals surface area contributed by atoms with Gasteiger partial charge in [0.15, 0.2) is 5.82 Å². The number of nitrogens with one attached hydrogen (secondary N) is 1. The monoisotopic (exact) mass is 268 g/mol. The van der Waals surface area contributed by atoms with Crippen LogP contribution in [0.4, 0.5) is 0 Å². The van der Waals surface area contributed by atoms with E-state index in [9.17, 15) is 0 Å². The van der Waals surface area contributed by atoms with Gasteiger partial charge in [-0.1, -0.05) is 42.5 Å². The lowest BCUT2D eigenvalue weighted by Gasteiger charge is -2.01. The Morgan fingerprint density at radius 2 is 1.84 bits per heavy atom. The Morgan fingerprint density at radius 1 is 1.05 bits per heavy atom. The van der Waals surface area contributed by atoms with E-state index < -0.39 is 0 Å². The normalized spacial score (nSPS) is 10.6. The summed E-state index contributed by atoms with van der Waals surface area (Å²) in [6.07, 6.45) is 0. The molecular weight excluding hydrogens is 256 g/mol. The molecule has 0 saturated heterocycles. The Kier molecular flexibility index (Phi) is 2.97. The second-order valence-corrected chi connectivity index (χ2v) is 4.66. The summed E-state index contributed by atoms with van der Waals surface area (Å²) in [7, 11) is 0. The molecule has 3 aromatic rings. The van der Waals surface area contributed by atoms with Crippen molar-refractivity contribution in [3.8, 4) is 17.1 Å². The molecule has 19 heavy (non-hydrogen) atoms. The van der Waals surface area contributed by atoms with Gasteiger partial charge in [0.25, 0.3) is 0 Å². The van der Waals surface area contributed by atoms with Crippen LogP contribution in [0, 0.1) is 11.6 Å². The molecule has 0 aliphatic rings. The zero-order chi connectivity index (χ0) is 13.2. The molecule has 0 fully saturated rings. The maximum atomic E-state index is 5.35. The molecule has 0 radical (unpaired) electrons. The summed E-state index contributed by atoms with van der Waals surface area (Å²) in [5.41, 5.74) is 2.94. The van der Waals surface area contributed by atoms with Gasteiger partial charge in [0, 0.05) is 6.07 Å². The van der Waals surface area contributed by atoms with E-state index in [1.165, 1.54) is 0 Å². The maximum Gasteiger partial charge on any atom is 0.175 e. The van der Waals surface area contributed by atoms with E-state index in [0.29, 0.717) is 10.5 Å². The lowest BCUT2D eigenvalue weighted by atomic mass is 10.2. The number of rotatable bonds is 2. The largest absolute Gasteiger partial charge is 0.291 e. The van der Waals surface area contributed by atoms with Crippen LogP contribution in [0.3, 0.4) is 0 Å². The SMILES string of the molecule is Cc1ccc(-n2[nH]c(-c3ccccc3)cc2=S)nn1. The van der Waals surface area contributed by atoms with Gasteiger partial charge < -0.3 is 0 Å². The second kappa shape index (κ2) is 4.78. The van der Waals surface area contributed by atoms with Crippen LogP contribution in [-0.4, -0.2) is 20.0 Å². The van der Waals surface area contributed by atoms with Crippen LogP contribution in [0.5, 0.6) is 0 Å². The highest BCUT2D eigenvalue weighted by Gasteiger charge is 2.05. The molecule has 0 bridgehead atoms. The van der Waals surface area contributed by atoms with Gasteiger partial charge in [-0.05, 0) is 24.6 Å². The predicted octanol–water partition coefficient (Wildman–Crippen LogP) is 3.30. The summed E-state index contributed by atoms with van der Waals surface area (Å²) in [6.45, 7) is 1.90. The first-order valence-corrected chi connectivity index (χ1v) is 6.33. The molecule has 2 heterocycles. The van der Waals surface area contributed by atoms with E-state index in [1.54, 1.807) is 4.68 Å². The van der Waals surface area contributed by atoms with Gasteiger partial charge in [-0.15, -0.1) is 5.10 Å². The summed E-state index contributed by atoms with van der Waals surface area (Å²) in [5.74, 6) is 0.692. The van der Waals surface area contributed by atoms with Crippen LogP contribution in [0.1, 0.15) is 5.69 Å². The number of benzene rings is 1. The van der Waals surface area contributed by atoms with E-state index in [0.717, 1.165) is 17.0 Å². The molecule has 2 aromatic heterocycles. The van der Waals surface area contributed by atoms with Crippen molar-refractivity contribution in [2.75, 3.05) is 0 Å². The Balaban J connectivity index is 2.08. The molecule has 3 rings (SSSR count). The summed E-state index contributed by atoms with van der Waals surface area (Å²) >= 11 is 5.35. The number of aromatic amines is 1. The van der Waals surface area contributed by atoms with Crippen LogP contribution in [0.25, 0.3) is 17.1 Å². The third kappa shape index (κ3) is 2.32. The summed E-state index contributed by atoms with van der Waals surface area (Å²) < 4.78 is 2.43. The molecule has 0 amide bonds. The van der Waals surface area contributed by atoms with Crippen molar-refractivity contribution >= 4 is 12.2 Å². The third-order valence-corrected chi connectivity index (χ3v) is 3.12. The molecule has 0 unspecified atom stereocenters. The standard InChI is InChI=1S/C14H12N4S/c1-10-7-8-13(16-15-10)18-14(19)9-12(17-18)11-5-3-2-4-6-11/h2-9,17H,1H3. The van der Waals surface area contributed by atoms with E-state index in [4.69, 9.17) is 12.2 Å². The fourth-order valence-electron chi connectivity index (χ4n) is 1.84. The molecule has 0 atom stereocenters. The van der Waals surface area contributed by atoms with Crippen LogP contribution >= 0.6 is 12.2 Å². The molecule has 0 aliphatic heterocycles. The number of aromatic nitrogens is 4. The van der Waals surface area contributed by atoms with E-state index in [1.807, 2.05) is 55.5 Å². The van der Waals surface area contributed by atoms with E-state index in [-0.39, 0.29) is 0 Å². The van der Waals surface area contributed by atoms with E-state index in [2.05, 4.69) is 15.3 Å². The van der Waals surface area contributed by atoms with Crippen LogP contribution in [0.15, 0.2) is 48.5 Å². The second-order valence-electron chi connectivity index (χ2n) is 4.24. The molecule has 4 nitrogen and oxygen atoms in total. The third-order valence-electron chi connectivity index (χ3n) is 2.82. The van der Waals surface area contributed by atoms with Crippen molar-refractivity contribution in [3.05, 3.63) is 58.9 Å². The first-order valence-electron chi connectivity index (χ1n) is 5.92.